The van der Waals surface area contributed by atoms with E-state index >= 15 is 0 Å². The highest BCUT2D eigenvalue weighted by atomic mass is 16.1. The molecule has 0 fully saturated rings. The molecule has 1 N–H and O–H groups in total. The first-order valence-electron chi connectivity index (χ1n) is 8.83. The maximum Gasteiger partial charge on any atom is 0.254 e. The molecule has 1 aromatic carbocycles. The van der Waals surface area contributed by atoms with Crippen molar-refractivity contribution in [1.29, 1.82) is 0 Å². The fourth-order valence-corrected chi connectivity index (χ4v) is 2.94. The minimum atomic E-state index is -0.0808. The largest absolute Gasteiger partial charge is 0.334 e. The van der Waals surface area contributed by atoms with Gasteiger partial charge in [-0.2, -0.15) is 0 Å². The number of nitrogens with zero attached hydrogens (tertiary/aromatic N) is 4. The van der Waals surface area contributed by atoms with Gasteiger partial charge in [-0.05, 0) is 33.4 Å². The van der Waals surface area contributed by atoms with Crippen LogP contribution in [0.15, 0.2) is 41.5 Å². The van der Waals surface area contributed by atoms with Gasteiger partial charge in [-0.1, -0.05) is 24.3 Å². The molecule has 0 unspecified atom stereocenters. The predicted molar refractivity (Wildman–Crippen MR) is 103 cm³/mol. The van der Waals surface area contributed by atoms with Crippen molar-refractivity contribution in [3.8, 4) is 11.4 Å². The van der Waals surface area contributed by atoms with Gasteiger partial charge in [0.15, 0.2) is 0 Å². The number of imidazole rings is 1. The summed E-state index contributed by atoms with van der Waals surface area (Å²) in [5.74, 6) is 1.69. The van der Waals surface area contributed by atoms with E-state index in [9.17, 15) is 4.79 Å². The first kappa shape index (κ1) is 18.1. The number of rotatable bonds is 6. The topological polar surface area (TPSA) is 66.8 Å². The molecular formula is C20H25N5O. The van der Waals surface area contributed by atoms with Crippen molar-refractivity contribution in [3.05, 3.63) is 69.7 Å². The van der Waals surface area contributed by atoms with E-state index in [1.54, 1.807) is 6.92 Å². The van der Waals surface area contributed by atoms with E-state index in [4.69, 9.17) is 0 Å². The summed E-state index contributed by atoms with van der Waals surface area (Å²) >= 11 is 0. The second-order valence-corrected chi connectivity index (χ2v) is 6.62. The van der Waals surface area contributed by atoms with Gasteiger partial charge >= 0.3 is 0 Å². The molecule has 0 saturated heterocycles. The maximum atomic E-state index is 11.9. The highest BCUT2D eigenvalue weighted by molar-refractivity contribution is 5.55. The van der Waals surface area contributed by atoms with Crippen molar-refractivity contribution in [2.45, 2.75) is 40.4 Å². The normalized spacial score (nSPS) is 11.3. The number of hydrogen-bond donors (Lipinski definition) is 1. The lowest BCUT2D eigenvalue weighted by molar-refractivity contribution is 0.305. The smallest absolute Gasteiger partial charge is 0.254 e. The van der Waals surface area contributed by atoms with E-state index < -0.39 is 0 Å². The van der Waals surface area contributed by atoms with Crippen molar-refractivity contribution in [2.24, 2.45) is 0 Å². The van der Waals surface area contributed by atoms with E-state index in [-0.39, 0.29) is 5.56 Å². The first-order chi connectivity index (χ1) is 12.5. The van der Waals surface area contributed by atoms with Gasteiger partial charge in [0, 0.05) is 42.3 Å². The average Bonchev–Trinajstić information content (AvgIpc) is 3.06. The Bertz CT molecular complexity index is 940. The van der Waals surface area contributed by atoms with Crippen LogP contribution in [0.4, 0.5) is 0 Å². The summed E-state index contributed by atoms with van der Waals surface area (Å²) in [6.45, 7) is 8.32. The summed E-state index contributed by atoms with van der Waals surface area (Å²) in [7, 11) is 2.09. The van der Waals surface area contributed by atoms with Gasteiger partial charge in [0.25, 0.3) is 5.56 Å². The van der Waals surface area contributed by atoms with Gasteiger partial charge in [-0.3, -0.25) is 9.69 Å². The Balaban J connectivity index is 1.71. The number of benzene rings is 1. The quantitative estimate of drug-likeness (QED) is 0.741. The molecule has 0 atom stereocenters. The minimum absolute atomic E-state index is 0.0808. The van der Waals surface area contributed by atoms with Gasteiger partial charge in [-0.25, -0.2) is 9.97 Å². The lowest BCUT2D eigenvalue weighted by Crippen LogP contribution is -2.20. The fraction of sp³-hybridized carbons (Fsp3) is 0.350. The highest BCUT2D eigenvalue weighted by Gasteiger charge is 2.08. The molecule has 2 heterocycles. The number of aryl methyl sites for hydroxylation is 2. The number of aromatic nitrogens is 4. The first-order valence-corrected chi connectivity index (χ1v) is 8.83. The Morgan fingerprint density at radius 3 is 2.54 bits per heavy atom. The third-order valence-electron chi connectivity index (χ3n) is 4.63. The second-order valence-electron chi connectivity index (χ2n) is 6.62. The number of hydrogen-bond acceptors (Lipinski definition) is 4. The van der Waals surface area contributed by atoms with Gasteiger partial charge in [0.1, 0.15) is 11.6 Å². The van der Waals surface area contributed by atoms with Gasteiger partial charge in [0.2, 0.25) is 0 Å². The van der Waals surface area contributed by atoms with Crippen LogP contribution in [0.5, 0.6) is 0 Å². The number of H-pyrrole nitrogens is 1. The van der Waals surface area contributed by atoms with Crippen LogP contribution >= 0.6 is 0 Å². The third kappa shape index (κ3) is 3.91. The molecule has 3 aromatic rings. The van der Waals surface area contributed by atoms with Gasteiger partial charge < -0.3 is 9.55 Å². The highest BCUT2D eigenvalue weighted by Crippen LogP contribution is 2.16. The van der Waals surface area contributed by atoms with Crippen LogP contribution in [0.3, 0.4) is 0 Å². The Morgan fingerprint density at radius 2 is 1.88 bits per heavy atom. The van der Waals surface area contributed by atoms with Crippen LogP contribution in [0.1, 0.15) is 29.6 Å². The average molecular weight is 351 g/mol. The number of nitrogens with one attached hydrogen (secondary N) is 1. The fourth-order valence-electron chi connectivity index (χ4n) is 2.94. The molecule has 6 heteroatoms. The molecule has 0 bridgehead atoms. The van der Waals surface area contributed by atoms with Crippen molar-refractivity contribution in [1.82, 2.24) is 24.4 Å². The molecule has 0 spiro atoms. The molecule has 3 rings (SSSR count). The monoisotopic (exact) mass is 351 g/mol. The zero-order valence-electron chi connectivity index (χ0n) is 15.8. The van der Waals surface area contributed by atoms with Crippen LogP contribution in [0.2, 0.25) is 0 Å². The molecule has 26 heavy (non-hydrogen) atoms. The van der Waals surface area contributed by atoms with Crippen molar-refractivity contribution in [3.63, 3.8) is 0 Å². The zero-order chi connectivity index (χ0) is 18.7. The Morgan fingerprint density at radius 1 is 1.15 bits per heavy atom. The molecule has 136 valence electrons. The summed E-state index contributed by atoms with van der Waals surface area (Å²) < 4.78 is 2.15. The molecule has 0 saturated carbocycles. The summed E-state index contributed by atoms with van der Waals surface area (Å²) in [6.07, 6.45) is 3.86. The second kappa shape index (κ2) is 7.66. The Labute approximate surface area is 153 Å². The number of aromatic amines is 1. The molecule has 6 nitrogen and oxygen atoms in total. The standard InChI is InChI=1S/C20H25N5O/c1-5-25-11-10-21-18(25)13-24(4)12-16-6-8-17(9-7-16)19-22-15(3)14(2)20(26)23-19/h6-11H,5,12-13H2,1-4H3,(H,22,23,26). The van der Waals surface area contributed by atoms with Crippen LogP contribution < -0.4 is 5.56 Å². The van der Waals surface area contributed by atoms with E-state index in [0.29, 0.717) is 11.4 Å². The summed E-state index contributed by atoms with van der Waals surface area (Å²) in [5.41, 5.74) is 3.47. The minimum Gasteiger partial charge on any atom is -0.334 e. The molecule has 2 aromatic heterocycles. The van der Waals surface area contributed by atoms with Crippen molar-refractivity contribution in [2.75, 3.05) is 7.05 Å². The van der Waals surface area contributed by atoms with E-state index in [1.165, 1.54) is 5.56 Å². The van der Waals surface area contributed by atoms with E-state index in [2.05, 4.69) is 50.5 Å². The van der Waals surface area contributed by atoms with Crippen LogP contribution in [0.25, 0.3) is 11.4 Å². The maximum absolute atomic E-state index is 11.9. The molecule has 0 radical (unpaired) electrons. The van der Waals surface area contributed by atoms with Crippen LogP contribution in [-0.2, 0) is 19.6 Å². The Kier molecular flexibility index (Phi) is 5.32. The van der Waals surface area contributed by atoms with Gasteiger partial charge in [0.05, 0.1) is 6.54 Å². The van der Waals surface area contributed by atoms with E-state index in [1.807, 2.05) is 31.5 Å². The molecular weight excluding hydrogens is 326 g/mol. The van der Waals surface area contributed by atoms with Gasteiger partial charge in [-0.15, -0.1) is 0 Å². The van der Waals surface area contributed by atoms with Crippen molar-refractivity contribution < 1.29 is 0 Å². The van der Waals surface area contributed by atoms with Crippen LogP contribution in [0, 0.1) is 13.8 Å². The molecule has 0 aliphatic rings. The summed E-state index contributed by atoms with van der Waals surface area (Å²) in [4.78, 5) is 25.9. The molecule has 0 aliphatic heterocycles. The SMILES string of the molecule is CCn1ccnc1CN(C)Cc1ccc(-c2nc(C)c(C)c(=O)[nH]2)cc1. The predicted octanol–water partition coefficient (Wildman–Crippen LogP) is 2.90. The summed E-state index contributed by atoms with van der Waals surface area (Å²) in [6, 6.07) is 8.16. The summed E-state index contributed by atoms with van der Waals surface area (Å²) in [5, 5.41) is 0. The van der Waals surface area contributed by atoms with Crippen LogP contribution in [-0.4, -0.2) is 31.5 Å². The molecule has 0 amide bonds. The zero-order valence-corrected chi connectivity index (χ0v) is 15.8. The third-order valence-corrected chi connectivity index (χ3v) is 4.63. The van der Waals surface area contributed by atoms with Crippen molar-refractivity contribution >= 4 is 0 Å². The molecule has 0 aliphatic carbocycles. The Hall–Kier alpha value is -2.73. The van der Waals surface area contributed by atoms with E-state index in [0.717, 1.165) is 36.7 Å². The lowest BCUT2D eigenvalue weighted by atomic mass is 10.1. The lowest BCUT2D eigenvalue weighted by Gasteiger charge is -2.17.